The molecule has 0 amide bonds. The molecule has 1 aromatic carbocycles. The number of benzene rings is 1. The number of ether oxygens (including phenoxy) is 1. The van der Waals surface area contributed by atoms with Crippen molar-refractivity contribution < 1.29 is 4.74 Å². The molecule has 1 N–H and O–H groups in total. The van der Waals surface area contributed by atoms with E-state index in [9.17, 15) is 0 Å². The van der Waals surface area contributed by atoms with Crippen molar-refractivity contribution in [3.05, 3.63) is 28.2 Å². The van der Waals surface area contributed by atoms with Gasteiger partial charge in [-0.15, -0.1) is 0 Å². The molecule has 106 valence electrons. The SMILES string of the molecule is CCCCCC1CC(NCC)c2cc(Br)ccc2O1. The van der Waals surface area contributed by atoms with E-state index in [1.165, 1.54) is 31.2 Å². The summed E-state index contributed by atoms with van der Waals surface area (Å²) in [5.74, 6) is 1.06. The van der Waals surface area contributed by atoms with Crippen LogP contribution in [0.15, 0.2) is 22.7 Å². The fourth-order valence-corrected chi connectivity index (χ4v) is 3.13. The lowest BCUT2D eigenvalue weighted by atomic mass is 9.94. The molecule has 2 nitrogen and oxygen atoms in total. The highest BCUT2D eigenvalue weighted by atomic mass is 79.9. The van der Waals surface area contributed by atoms with Gasteiger partial charge >= 0.3 is 0 Å². The molecule has 1 aliphatic rings. The molecular weight excluding hydrogens is 302 g/mol. The zero-order valence-corrected chi connectivity index (χ0v) is 13.5. The standard InChI is InChI=1S/C16H24BrNO/c1-3-5-6-7-13-11-15(18-4-2)14-10-12(17)8-9-16(14)19-13/h8-10,13,15,18H,3-7,11H2,1-2H3. The van der Waals surface area contributed by atoms with Gasteiger partial charge in [0.25, 0.3) is 0 Å². The molecule has 1 aromatic rings. The number of hydrogen-bond acceptors (Lipinski definition) is 2. The second kappa shape index (κ2) is 7.30. The van der Waals surface area contributed by atoms with Crippen LogP contribution in [0.2, 0.25) is 0 Å². The third-order valence-corrected chi connectivity index (χ3v) is 4.21. The molecule has 0 saturated heterocycles. The molecule has 19 heavy (non-hydrogen) atoms. The first-order valence-electron chi connectivity index (χ1n) is 7.44. The van der Waals surface area contributed by atoms with E-state index in [0.717, 1.165) is 23.2 Å². The lowest BCUT2D eigenvalue weighted by molar-refractivity contribution is 0.138. The van der Waals surface area contributed by atoms with Gasteiger partial charge in [0, 0.05) is 22.5 Å². The molecule has 0 spiro atoms. The molecule has 0 fully saturated rings. The van der Waals surface area contributed by atoms with Gasteiger partial charge in [-0.05, 0) is 37.6 Å². The lowest BCUT2D eigenvalue weighted by Gasteiger charge is -2.33. The molecule has 2 atom stereocenters. The first-order valence-corrected chi connectivity index (χ1v) is 8.23. The Balaban J connectivity index is 2.09. The summed E-state index contributed by atoms with van der Waals surface area (Å²) in [6.07, 6.45) is 6.47. The maximum atomic E-state index is 6.15. The van der Waals surface area contributed by atoms with Gasteiger partial charge in [-0.25, -0.2) is 0 Å². The summed E-state index contributed by atoms with van der Waals surface area (Å²) in [7, 11) is 0. The summed E-state index contributed by atoms with van der Waals surface area (Å²) < 4.78 is 7.28. The molecule has 0 radical (unpaired) electrons. The second-order valence-corrected chi connectivity index (χ2v) is 6.18. The van der Waals surface area contributed by atoms with Crippen LogP contribution in [-0.2, 0) is 0 Å². The first kappa shape index (κ1) is 14.9. The van der Waals surface area contributed by atoms with Crippen LogP contribution < -0.4 is 10.1 Å². The summed E-state index contributed by atoms with van der Waals surface area (Å²) in [4.78, 5) is 0. The van der Waals surface area contributed by atoms with Gasteiger partial charge in [-0.3, -0.25) is 0 Å². The van der Waals surface area contributed by atoms with Crippen LogP contribution in [0.3, 0.4) is 0 Å². The molecule has 3 heteroatoms. The summed E-state index contributed by atoms with van der Waals surface area (Å²) in [6.45, 7) is 5.41. The molecule has 0 bridgehead atoms. The summed E-state index contributed by atoms with van der Waals surface area (Å²) in [5.41, 5.74) is 1.29. The van der Waals surface area contributed by atoms with Gasteiger partial charge < -0.3 is 10.1 Å². The minimum Gasteiger partial charge on any atom is -0.490 e. The molecule has 2 unspecified atom stereocenters. The van der Waals surface area contributed by atoms with Crippen LogP contribution in [0.5, 0.6) is 5.75 Å². The van der Waals surface area contributed by atoms with Gasteiger partial charge in [0.1, 0.15) is 11.9 Å². The second-order valence-electron chi connectivity index (χ2n) is 5.26. The van der Waals surface area contributed by atoms with Gasteiger partial charge in [0.2, 0.25) is 0 Å². The van der Waals surface area contributed by atoms with Crippen LogP contribution in [0, 0.1) is 0 Å². The zero-order valence-electron chi connectivity index (χ0n) is 11.9. The Morgan fingerprint density at radius 3 is 2.89 bits per heavy atom. The first-order chi connectivity index (χ1) is 9.24. The van der Waals surface area contributed by atoms with Crippen LogP contribution in [0.4, 0.5) is 0 Å². The largest absolute Gasteiger partial charge is 0.490 e. The van der Waals surface area contributed by atoms with E-state index in [0.29, 0.717) is 12.1 Å². The van der Waals surface area contributed by atoms with E-state index >= 15 is 0 Å². The van der Waals surface area contributed by atoms with E-state index in [1.54, 1.807) is 0 Å². The normalized spacial score (nSPS) is 21.8. The Morgan fingerprint density at radius 1 is 1.32 bits per heavy atom. The Morgan fingerprint density at radius 2 is 2.16 bits per heavy atom. The van der Waals surface area contributed by atoms with Crippen LogP contribution in [0.1, 0.15) is 57.6 Å². The van der Waals surface area contributed by atoms with Crippen molar-refractivity contribution in [2.24, 2.45) is 0 Å². The van der Waals surface area contributed by atoms with Crippen molar-refractivity contribution in [1.82, 2.24) is 5.32 Å². The van der Waals surface area contributed by atoms with Gasteiger partial charge in [-0.1, -0.05) is 42.6 Å². The average molecular weight is 326 g/mol. The van der Waals surface area contributed by atoms with Crippen LogP contribution in [0.25, 0.3) is 0 Å². The third kappa shape index (κ3) is 3.96. The smallest absolute Gasteiger partial charge is 0.124 e. The van der Waals surface area contributed by atoms with E-state index < -0.39 is 0 Å². The number of rotatable bonds is 6. The number of fused-ring (bicyclic) bond motifs is 1. The van der Waals surface area contributed by atoms with Crippen molar-refractivity contribution in [1.29, 1.82) is 0 Å². The van der Waals surface area contributed by atoms with Crippen molar-refractivity contribution in [3.8, 4) is 5.75 Å². The lowest BCUT2D eigenvalue weighted by Crippen LogP contribution is -2.33. The van der Waals surface area contributed by atoms with Crippen molar-refractivity contribution in [3.63, 3.8) is 0 Å². The monoisotopic (exact) mass is 325 g/mol. The van der Waals surface area contributed by atoms with Gasteiger partial charge in [-0.2, -0.15) is 0 Å². The topological polar surface area (TPSA) is 21.3 Å². The van der Waals surface area contributed by atoms with E-state index in [-0.39, 0.29) is 0 Å². The Labute approximate surface area is 125 Å². The molecule has 0 aromatic heterocycles. The summed E-state index contributed by atoms with van der Waals surface area (Å²) in [6, 6.07) is 6.77. The predicted octanol–water partition coefficient (Wildman–Crippen LogP) is 4.83. The number of nitrogens with one attached hydrogen (secondary N) is 1. The highest BCUT2D eigenvalue weighted by molar-refractivity contribution is 9.10. The van der Waals surface area contributed by atoms with E-state index in [2.05, 4.69) is 53.3 Å². The minimum absolute atomic E-state index is 0.365. The number of halogens is 1. The average Bonchev–Trinajstić information content (AvgIpc) is 2.40. The fourth-order valence-electron chi connectivity index (χ4n) is 2.75. The quantitative estimate of drug-likeness (QED) is 0.756. The zero-order chi connectivity index (χ0) is 13.7. The maximum absolute atomic E-state index is 6.15. The third-order valence-electron chi connectivity index (χ3n) is 3.72. The van der Waals surface area contributed by atoms with Crippen molar-refractivity contribution in [2.45, 2.75) is 58.1 Å². The molecule has 0 saturated carbocycles. The Hall–Kier alpha value is -0.540. The highest BCUT2D eigenvalue weighted by Gasteiger charge is 2.27. The maximum Gasteiger partial charge on any atom is 0.124 e. The highest BCUT2D eigenvalue weighted by Crippen LogP contribution is 2.37. The molecule has 1 aliphatic heterocycles. The van der Waals surface area contributed by atoms with Crippen molar-refractivity contribution in [2.75, 3.05) is 6.54 Å². The van der Waals surface area contributed by atoms with E-state index in [4.69, 9.17) is 4.74 Å². The van der Waals surface area contributed by atoms with Crippen LogP contribution >= 0.6 is 15.9 Å². The molecular formula is C16H24BrNO. The fraction of sp³-hybridized carbons (Fsp3) is 0.625. The Kier molecular flexibility index (Phi) is 5.71. The summed E-state index contributed by atoms with van der Waals surface area (Å²) in [5, 5.41) is 3.59. The number of unbranched alkanes of at least 4 members (excludes halogenated alkanes) is 2. The van der Waals surface area contributed by atoms with Crippen LogP contribution in [-0.4, -0.2) is 12.6 Å². The van der Waals surface area contributed by atoms with Crippen molar-refractivity contribution >= 4 is 15.9 Å². The molecule has 2 rings (SSSR count). The number of hydrogen-bond donors (Lipinski definition) is 1. The summed E-state index contributed by atoms with van der Waals surface area (Å²) >= 11 is 3.55. The Bertz CT molecular complexity index is 408. The van der Waals surface area contributed by atoms with Gasteiger partial charge in [0.15, 0.2) is 0 Å². The van der Waals surface area contributed by atoms with Gasteiger partial charge in [0.05, 0.1) is 0 Å². The predicted molar refractivity (Wildman–Crippen MR) is 83.7 cm³/mol. The molecule has 0 aliphatic carbocycles. The van der Waals surface area contributed by atoms with E-state index in [1.807, 2.05) is 0 Å². The minimum atomic E-state index is 0.365. The molecule has 1 heterocycles.